The summed E-state index contributed by atoms with van der Waals surface area (Å²) in [4.78, 5) is 10.5. The Bertz CT molecular complexity index is 468. The number of nitrogens with one attached hydrogen (secondary N) is 1. The van der Waals surface area contributed by atoms with E-state index in [9.17, 15) is 9.90 Å². The molecule has 0 aromatic heterocycles. The first-order valence-corrected chi connectivity index (χ1v) is 6.92. The molecule has 0 fully saturated rings. The molecule has 0 radical (unpaired) electrons. The Morgan fingerprint density at radius 1 is 1.38 bits per heavy atom. The number of nitrogens with zero attached hydrogens (tertiary/aromatic N) is 1. The predicted molar refractivity (Wildman–Crippen MR) is 78.6 cm³/mol. The molecule has 0 aliphatic rings. The van der Waals surface area contributed by atoms with Gasteiger partial charge in [0.1, 0.15) is 18.5 Å². The van der Waals surface area contributed by atoms with Gasteiger partial charge in [-0.25, -0.2) is 0 Å². The van der Waals surface area contributed by atoms with E-state index in [1.54, 1.807) is 24.3 Å². The Hall–Kier alpha value is -2.10. The first-order valence-electron chi connectivity index (χ1n) is 6.92. The molecule has 1 atom stereocenters. The van der Waals surface area contributed by atoms with Gasteiger partial charge in [0.15, 0.2) is 0 Å². The lowest BCUT2D eigenvalue weighted by Crippen LogP contribution is -2.32. The van der Waals surface area contributed by atoms with E-state index in [0.717, 1.165) is 19.4 Å². The van der Waals surface area contributed by atoms with Crippen LogP contribution >= 0.6 is 0 Å². The second kappa shape index (κ2) is 9.75. The summed E-state index contributed by atoms with van der Waals surface area (Å²) in [5.41, 5.74) is 5.60. The molecule has 0 aliphatic carbocycles. The summed E-state index contributed by atoms with van der Waals surface area (Å²) < 4.78 is 5.42. The second-order valence-corrected chi connectivity index (χ2v) is 4.73. The van der Waals surface area contributed by atoms with Crippen molar-refractivity contribution >= 4 is 5.91 Å². The molecule has 114 valence electrons. The molecule has 1 aromatic rings. The highest BCUT2D eigenvalue weighted by molar-refractivity contribution is 5.73. The summed E-state index contributed by atoms with van der Waals surface area (Å²) in [5, 5.41) is 21.5. The molecule has 0 saturated carbocycles. The maximum atomic E-state index is 10.5. The van der Waals surface area contributed by atoms with Gasteiger partial charge in [-0.15, -0.1) is 0 Å². The summed E-state index contributed by atoms with van der Waals surface area (Å²) in [6, 6.07) is 8.75. The Morgan fingerprint density at radius 2 is 2.10 bits per heavy atom. The maximum Gasteiger partial charge on any atom is 0.217 e. The third-order valence-corrected chi connectivity index (χ3v) is 2.83. The van der Waals surface area contributed by atoms with Crippen LogP contribution in [0.25, 0.3) is 0 Å². The van der Waals surface area contributed by atoms with Crippen molar-refractivity contribution in [3.8, 4) is 11.8 Å². The molecule has 6 heteroatoms. The minimum absolute atomic E-state index is 0.181. The van der Waals surface area contributed by atoms with Gasteiger partial charge >= 0.3 is 0 Å². The summed E-state index contributed by atoms with van der Waals surface area (Å²) in [7, 11) is 0. The average molecular weight is 291 g/mol. The number of amides is 1. The number of ether oxygens (including phenoxy) is 1. The van der Waals surface area contributed by atoms with Crippen LogP contribution in [-0.4, -0.2) is 36.8 Å². The van der Waals surface area contributed by atoms with Crippen LogP contribution in [0.4, 0.5) is 0 Å². The van der Waals surface area contributed by atoms with Gasteiger partial charge in [0, 0.05) is 13.0 Å². The third-order valence-electron chi connectivity index (χ3n) is 2.83. The van der Waals surface area contributed by atoms with Crippen LogP contribution in [0.3, 0.4) is 0 Å². The maximum absolute atomic E-state index is 10.5. The third kappa shape index (κ3) is 7.92. The van der Waals surface area contributed by atoms with E-state index in [1.807, 2.05) is 6.07 Å². The van der Waals surface area contributed by atoms with Gasteiger partial charge in [0.05, 0.1) is 11.6 Å². The van der Waals surface area contributed by atoms with Crippen LogP contribution in [0.5, 0.6) is 5.75 Å². The fourth-order valence-electron chi connectivity index (χ4n) is 1.69. The van der Waals surface area contributed by atoms with Crippen molar-refractivity contribution in [3.63, 3.8) is 0 Å². The number of hydrogen-bond acceptors (Lipinski definition) is 5. The molecule has 21 heavy (non-hydrogen) atoms. The normalized spacial score (nSPS) is 11.6. The highest BCUT2D eigenvalue weighted by atomic mass is 16.5. The van der Waals surface area contributed by atoms with E-state index in [4.69, 9.17) is 15.7 Å². The van der Waals surface area contributed by atoms with Gasteiger partial charge in [-0.1, -0.05) is 0 Å². The highest BCUT2D eigenvalue weighted by Crippen LogP contribution is 2.11. The number of hydrogen-bond donors (Lipinski definition) is 3. The van der Waals surface area contributed by atoms with E-state index in [0.29, 0.717) is 24.3 Å². The van der Waals surface area contributed by atoms with Crippen LogP contribution in [0, 0.1) is 11.3 Å². The fraction of sp³-hybridized carbons (Fsp3) is 0.467. The molecular weight excluding hydrogens is 270 g/mol. The molecule has 0 saturated heterocycles. The largest absolute Gasteiger partial charge is 0.491 e. The van der Waals surface area contributed by atoms with Crippen LogP contribution in [0.15, 0.2) is 24.3 Å². The van der Waals surface area contributed by atoms with E-state index < -0.39 is 6.10 Å². The van der Waals surface area contributed by atoms with Gasteiger partial charge in [-0.3, -0.25) is 4.79 Å². The van der Waals surface area contributed by atoms with Gasteiger partial charge < -0.3 is 20.9 Å². The molecule has 1 amide bonds. The number of carbonyl (C=O) groups is 1. The summed E-state index contributed by atoms with van der Waals surface area (Å²) in [6.07, 6.45) is 1.37. The number of aliphatic hydroxyl groups is 1. The first kappa shape index (κ1) is 17.0. The SMILES string of the molecule is N#Cc1ccc(OCC(O)CNCCCCC(N)=O)cc1. The smallest absolute Gasteiger partial charge is 0.217 e. The van der Waals surface area contributed by atoms with Crippen LogP contribution in [-0.2, 0) is 4.79 Å². The Labute approximate surface area is 124 Å². The zero-order valence-corrected chi connectivity index (χ0v) is 11.9. The molecule has 6 nitrogen and oxygen atoms in total. The number of nitriles is 1. The lowest BCUT2D eigenvalue weighted by molar-refractivity contribution is -0.118. The Balaban J connectivity index is 2.09. The van der Waals surface area contributed by atoms with E-state index >= 15 is 0 Å². The van der Waals surface area contributed by atoms with Crippen molar-refractivity contribution in [2.24, 2.45) is 5.73 Å². The molecule has 1 unspecified atom stereocenters. The van der Waals surface area contributed by atoms with Crippen molar-refractivity contribution in [2.75, 3.05) is 19.7 Å². The van der Waals surface area contributed by atoms with Crippen LogP contribution < -0.4 is 15.8 Å². The van der Waals surface area contributed by atoms with Crippen molar-refractivity contribution in [3.05, 3.63) is 29.8 Å². The molecule has 0 heterocycles. The number of unbranched alkanes of at least 4 members (excludes halogenated alkanes) is 1. The number of primary amides is 1. The molecule has 1 rings (SSSR count). The summed E-state index contributed by atoms with van der Waals surface area (Å²) in [6.45, 7) is 1.33. The lowest BCUT2D eigenvalue weighted by atomic mass is 10.2. The van der Waals surface area contributed by atoms with Crippen LogP contribution in [0.2, 0.25) is 0 Å². The van der Waals surface area contributed by atoms with E-state index in [1.165, 1.54) is 0 Å². The quantitative estimate of drug-likeness (QED) is 0.545. The van der Waals surface area contributed by atoms with Gasteiger partial charge in [-0.05, 0) is 43.7 Å². The predicted octanol–water partition coefficient (Wildman–Crippen LogP) is 0.543. The number of nitrogens with two attached hydrogens (primary N) is 1. The van der Waals surface area contributed by atoms with Crippen molar-refractivity contribution in [1.29, 1.82) is 5.26 Å². The molecule has 0 spiro atoms. The summed E-state index contributed by atoms with van der Waals surface area (Å²) in [5.74, 6) is 0.334. The van der Waals surface area contributed by atoms with Gasteiger partial charge in [0.2, 0.25) is 5.91 Å². The van der Waals surface area contributed by atoms with E-state index in [2.05, 4.69) is 5.32 Å². The van der Waals surface area contributed by atoms with Crippen LogP contribution in [0.1, 0.15) is 24.8 Å². The first-order chi connectivity index (χ1) is 10.1. The standard InChI is InChI=1S/C15H21N3O3/c16-9-12-4-6-14(7-5-12)21-11-13(19)10-18-8-2-1-3-15(17)20/h4-7,13,18-19H,1-3,8,10-11H2,(H2,17,20). The molecule has 1 aromatic carbocycles. The lowest BCUT2D eigenvalue weighted by Gasteiger charge is -2.13. The summed E-state index contributed by atoms with van der Waals surface area (Å²) >= 11 is 0. The fourth-order valence-corrected chi connectivity index (χ4v) is 1.69. The Morgan fingerprint density at radius 3 is 2.71 bits per heavy atom. The number of benzene rings is 1. The van der Waals surface area contributed by atoms with Gasteiger partial charge in [-0.2, -0.15) is 5.26 Å². The zero-order valence-electron chi connectivity index (χ0n) is 11.9. The minimum Gasteiger partial charge on any atom is -0.491 e. The Kier molecular flexibility index (Phi) is 7.87. The number of carbonyl (C=O) groups excluding carboxylic acids is 1. The number of aliphatic hydroxyl groups excluding tert-OH is 1. The second-order valence-electron chi connectivity index (χ2n) is 4.73. The number of rotatable bonds is 10. The minimum atomic E-state index is -0.614. The van der Waals surface area contributed by atoms with E-state index in [-0.39, 0.29) is 12.5 Å². The van der Waals surface area contributed by atoms with Crippen molar-refractivity contribution < 1.29 is 14.6 Å². The zero-order chi connectivity index (χ0) is 15.5. The molecule has 4 N–H and O–H groups in total. The van der Waals surface area contributed by atoms with Crippen molar-refractivity contribution in [1.82, 2.24) is 5.32 Å². The molecule has 0 bridgehead atoms. The molecular formula is C15H21N3O3. The topological polar surface area (TPSA) is 108 Å². The van der Waals surface area contributed by atoms with Crippen molar-refractivity contribution in [2.45, 2.75) is 25.4 Å². The molecule has 0 aliphatic heterocycles. The monoisotopic (exact) mass is 291 g/mol. The highest BCUT2D eigenvalue weighted by Gasteiger charge is 2.05. The van der Waals surface area contributed by atoms with Gasteiger partial charge in [0.25, 0.3) is 0 Å². The average Bonchev–Trinajstić information content (AvgIpc) is 2.49.